The summed E-state index contributed by atoms with van der Waals surface area (Å²) in [4.78, 5) is 5.97. The van der Waals surface area contributed by atoms with Crippen LogP contribution in [0.15, 0.2) is 17.0 Å². The summed E-state index contributed by atoms with van der Waals surface area (Å²) >= 11 is 0. The number of hydrogen-bond donors (Lipinski definition) is 0. The van der Waals surface area contributed by atoms with Gasteiger partial charge in [-0.25, -0.2) is 13.4 Å². The first kappa shape index (κ1) is 14.8. The zero-order chi connectivity index (χ0) is 14.8. The van der Waals surface area contributed by atoms with Gasteiger partial charge in [0.05, 0.1) is 5.25 Å². The normalized spacial score (nSPS) is 16.6. The second-order valence-corrected chi connectivity index (χ2v) is 7.52. The van der Waals surface area contributed by atoms with E-state index in [0.29, 0.717) is 18.7 Å². The van der Waals surface area contributed by atoms with Gasteiger partial charge in [0.1, 0.15) is 16.8 Å². The number of nitriles is 1. The number of nitrogens with zero attached hydrogens (tertiary/aromatic N) is 3. The molecule has 1 saturated carbocycles. The van der Waals surface area contributed by atoms with Crippen LogP contribution in [-0.2, 0) is 9.84 Å². The molecule has 1 aromatic rings. The lowest BCUT2D eigenvalue weighted by molar-refractivity contribution is 0.483. The van der Waals surface area contributed by atoms with Crippen molar-refractivity contribution in [2.75, 3.05) is 19.0 Å². The number of sulfone groups is 1. The Labute approximate surface area is 120 Å². The van der Waals surface area contributed by atoms with Gasteiger partial charge in [0.15, 0.2) is 15.5 Å². The standard InChI is InChI=1S/C14H19N3O2S/c1-17(2)14-9-8-13(12(10-15)16-14)20(18,19)11-6-4-3-5-7-11/h8-9,11H,3-7H2,1-2H3. The summed E-state index contributed by atoms with van der Waals surface area (Å²) in [6.45, 7) is 0. The van der Waals surface area contributed by atoms with Crippen molar-refractivity contribution in [3.63, 3.8) is 0 Å². The van der Waals surface area contributed by atoms with Crippen LogP contribution >= 0.6 is 0 Å². The Morgan fingerprint density at radius 2 is 1.90 bits per heavy atom. The molecule has 5 nitrogen and oxygen atoms in total. The second kappa shape index (κ2) is 5.80. The van der Waals surface area contributed by atoms with Gasteiger partial charge in [0, 0.05) is 14.1 Å². The number of anilines is 1. The Hall–Kier alpha value is -1.61. The lowest BCUT2D eigenvalue weighted by atomic mass is 10.0. The summed E-state index contributed by atoms with van der Waals surface area (Å²) in [6, 6.07) is 5.09. The third-order valence-corrected chi connectivity index (χ3v) is 6.00. The van der Waals surface area contributed by atoms with Gasteiger partial charge < -0.3 is 4.90 Å². The minimum absolute atomic E-state index is 0.00164. The van der Waals surface area contributed by atoms with E-state index in [0.717, 1.165) is 19.3 Å². The molecule has 0 saturated heterocycles. The largest absolute Gasteiger partial charge is 0.363 e. The zero-order valence-corrected chi connectivity index (χ0v) is 12.7. The van der Waals surface area contributed by atoms with Gasteiger partial charge in [-0.15, -0.1) is 0 Å². The Bertz CT molecular complexity index is 626. The molecule has 1 fully saturated rings. The van der Waals surface area contributed by atoms with E-state index < -0.39 is 9.84 Å². The fourth-order valence-corrected chi connectivity index (χ4v) is 4.48. The molecular formula is C14H19N3O2S. The van der Waals surface area contributed by atoms with Crippen LogP contribution in [0.4, 0.5) is 5.82 Å². The third-order valence-electron chi connectivity index (χ3n) is 3.71. The molecule has 0 bridgehead atoms. The van der Waals surface area contributed by atoms with Gasteiger partial charge >= 0.3 is 0 Å². The van der Waals surface area contributed by atoms with E-state index in [1.807, 2.05) is 6.07 Å². The Morgan fingerprint density at radius 1 is 1.25 bits per heavy atom. The summed E-state index contributed by atoms with van der Waals surface area (Å²) in [5.41, 5.74) is 0.00164. The first-order valence-corrected chi connectivity index (χ1v) is 8.34. The Balaban J connectivity index is 2.43. The molecule has 1 aromatic heterocycles. The maximum absolute atomic E-state index is 12.6. The van der Waals surface area contributed by atoms with Crippen molar-refractivity contribution in [3.8, 4) is 6.07 Å². The van der Waals surface area contributed by atoms with E-state index in [4.69, 9.17) is 0 Å². The molecule has 0 radical (unpaired) electrons. The average Bonchev–Trinajstić information content (AvgIpc) is 2.47. The highest BCUT2D eigenvalue weighted by atomic mass is 32.2. The summed E-state index contributed by atoms with van der Waals surface area (Å²) in [7, 11) is 0.158. The van der Waals surface area contributed by atoms with Gasteiger partial charge in [0.25, 0.3) is 0 Å². The molecule has 0 atom stereocenters. The monoisotopic (exact) mass is 293 g/mol. The number of rotatable bonds is 3. The summed E-state index contributed by atoms with van der Waals surface area (Å²) in [5.74, 6) is 0.587. The maximum Gasteiger partial charge on any atom is 0.184 e. The molecule has 0 N–H and O–H groups in total. The maximum atomic E-state index is 12.6. The first-order chi connectivity index (χ1) is 9.46. The summed E-state index contributed by atoms with van der Waals surface area (Å²) < 4.78 is 25.3. The second-order valence-electron chi connectivity index (χ2n) is 5.33. The Morgan fingerprint density at radius 3 is 2.45 bits per heavy atom. The third kappa shape index (κ3) is 2.78. The molecule has 0 spiro atoms. The highest BCUT2D eigenvalue weighted by molar-refractivity contribution is 7.92. The van der Waals surface area contributed by atoms with Gasteiger partial charge in [-0.2, -0.15) is 5.26 Å². The van der Waals surface area contributed by atoms with Crippen molar-refractivity contribution in [1.82, 2.24) is 4.98 Å². The number of aromatic nitrogens is 1. The fourth-order valence-electron chi connectivity index (χ4n) is 2.55. The zero-order valence-electron chi connectivity index (χ0n) is 11.8. The molecule has 108 valence electrons. The molecule has 0 aromatic carbocycles. The molecule has 0 unspecified atom stereocenters. The highest BCUT2D eigenvalue weighted by Gasteiger charge is 2.31. The van der Waals surface area contributed by atoms with Crippen LogP contribution in [0.1, 0.15) is 37.8 Å². The SMILES string of the molecule is CN(C)c1ccc(S(=O)(=O)C2CCCCC2)c(C#N)n1. The lowest BCUT2D eigenvalue weighted by Gasteiger charge is -2.22. The van der Waals surface area contributed by atoms with Crippen LogP contribution < -0.4 is 4.90 Å². The van der Waals surface area contributed by atoms with Crippen molar-refractivity contribution in [1.29, 1.82) is 5.26 Å². The minimum Gasteiger partial charge on any atom is -0.363 e. The van der Waals surface area contributed by atoms with Crippen LogP contribution in [0.3, 0.4) is 0 Å². The van der Waals surface area contributed by atoms with E-state index in [1.165, 1.54) is 6.07 Å². The van der Waals surface area contributed by atoms with Crippen LogP contribution in [0.5, 0.6) is 0 Å². The van der Waals surface area contributed by atoms with E-state index in [-0.39, 0.29) is 15.8 Å². The van der Waals surface area contributed by atoms with Crippen molar-refractivity contribution in [2.45, 2.75) is 42.2 Å². The number of pyridine rings is 1. The molecule has 20 heavy (non-hydrogen) atoms. The first-order valence-electron chi connectivity index (χ1n) is 6.79. The quantitative estimate of drug-likeness (QED) is 0.853. The molecule has 0 aliphatic heterocycles. The van der Waals surface area contributed by atoms with Crippen LogP contribution in [0.2, 0.25) is 0 Å². The molecule has 6 heteroatoms. The molecule has 0 amide bonds. The molecular weight excluding hydrogens is 274 g/mol. The summed E-state index contributed by atoms with van der Waals surface area (Å²) in [6.07, 6.45) is 4.34. The predicted molar refractivity (Wildman–Crippen MR) is 77.3 cm³/mol. The van der Waals surface area contributed by atoms with E-state index in [2.05, 4.69) is 4.98 Å². The smallest absolute Gasteiger partial charge is 0.184 e. The van der Waals surface area contributed by atoms with Crippen molar-refractivity contribution in [2.24, 2.45) is 0 Å². The van der Waals surface area contributed by atoms with Crippen LogP contribution in [0, 0.1) is 11.3 Å². The number of hydrogen-bond acceptors (Lipinski definition) is 5. The highest BCUT2D eigenvalue weighted by Crippen LogP contribution is 2.30. The molecule has 2 rings (SSSR count). The van der Waals surface area contributed by atoms with Gasteiger partial charge in [-0.1, -0.05) is 19.3 Å². The van der Waals surface area contributed by atoms with Crippen molar-refractivity contribution in [3.05, 3.63) is 17.8 Å². The predicted octanol–water partition coefficient (Wildman–Crippen LogP) is 2.13. The van der Waals surface area contributed by atoms with E-state index >= 15 is 0 Å². The van der Waals surface area contributed by atoms with E-state index in [9.17, 15) is 13.7 Å². The van der Waals surface area contributed by atoms with Crippen LogP contribution in [-0.4, -0.2) is 32.7 Å². The minimum atomic E-state index is -3.45. The van der Waals surface area contributed by atoms with Gasteiger partial charge in [0.2, 0.25) is 0 Å². The average molecular weight is 293 g/mol. The van der Waals surface area contributed by atoms with Gasteiger partial charge in [-0.05, 0) is 25.0 Å². The molecule has 1 heterocycles. The molecule has 1 aliphatic carbocycles. The fraction of sp³-hybridized carbons (Fsp3) is 0.571. The van der Waals surface area contributed by atoms with Crippen LogP contribution in [0.25, 0.3) is 0 Å². The van der Waals surface area contributed by atoms with E-state index in [1.54, 1.807) is 25.1 Å². The lowest BCUT2D eigenvalue weighted by Crippen LogP contribution is -2.25. The summed E-state index contributed by atoms with van der Waals surface area (Å²) in [5, 5.41) is 8.83. The van der Waals surface area contributed by atoms with Crippen molar-refractivity contribution >= 4 is 15.7 Å². The van der Waals surface area contributed by atoms with Gasteiger partial charge in [-0.3, -0.25) is 0 Å². The Kier molecular flexibility index (Phi) is 4.29. The topological polar surface area (TPSA) is 74.1 Å². The van der Waals surface area contributed by atoms with Crippen molar-refractivity contribution < 1.29 is 8.42 Å². The molecule has 1 aliphatic rings.